The summed E-state index contributed by atoms with van der Waals surface area (Å²) in [6.45, 7) is 6.86. The normalized spacial score (nSPS) is 17.2. The van der Waals surface area contributed by atoms with Crippen molar-refractivity contribution in [3.05, 3.63) is 12.1 Å². The van der Waals surface area contributed by atoms with Crippen molar-refractivity contribution in [3.8, 4) is 17.2 Å². The van der Waals surface area contributed by atoms with Gasteiger partial charge >= 0.3 is 6.09 Å². The van der Waals surface area contributed by atoms with E-state index in [0.29, 0.717) is 30.3 Å². The van der Waals surface area contributed by atoms with Crippen molar-refractivity contribution in [1.29, 1.82) is 0 Å². The van der Waals surface area contributed by atoms with E-state index in [1.54, 1.807) is 26.2 Å². The fourth-order valence-corrected chi connectivity index (χ4v) is 2.77. The highest BCUT2D eigenvalue weighted by Crippen LogP contribution is 2.40. The minimum Gasteiger partial charge on any atom is -0.493 e. The van der Waals surface area contributed by atoms with Crippen molar-refractivity contribution in [2.45, 2.75) is 38.8 Å². The molecule has 1 heterocycles. The van der Waals surface area contributed by atoms with Crippen LogP contribution >= 0.6 is 0 Å². The summed E-state index contributed by atoms with van der Waals surface area (Å²) < 4.78 is 21.5. The molecule has 1 saturated heterocycles. The summed E-state index contributed by atoms with van der Waals surface area (Å²) in [6.07, 6.45) is 0.567. The van der Waals surface area contributed by atoms with Gasteiger partial charge in [0, 0.05) is 37.0 Å². The molecule has 0 radical (unpaired) electrons. The van der Waals surface area contributed by atoms with Crippen LogP contribution in [0.5, 0.6) is 17.2 Å². The van der Waals surface area contributed by atoms with Gasteiger partial charge in [-0.2, -0.15) is 0 Å². The molecule has 0 bridgehead atoms. The molecular formula is C18H28N2O5. The van der Waals surface area contributed by atoms with E-state index < -0.39 is 5.60 Å². The number of benzene rings is 1. The van der Waals surface area contributed by atoms with Crippen LogP contribution in [-0.2, 0) is 4.74 Å². The second-order valence-electron chi connectivity index (χ2n) is 6.97. The molecule has 1 fully saturated rings. The number of methoxy groups -OCH3 is 3. The number of hydrogen-bond acceptors (Lipinski definition) is 6. The number of nitrogens with zero attached hydrogens (tertiary/aromatic N) is 1. The zero-order chi connectivity index (χ0) is 18.6. The molecule has 0 spiro atoms. The van der Waals surface area contributed by atoms with Crippen LogP contribution in [-0.4, -0.2) is 57.1 Å². The standard InChI is InChI=1S/C18H28N2O5/c1-18(2,3)25-17(21)20-8-7-12(11-20)19-13-9-14(22-4)16(24-6)15(10-13)23-5/h9-10,12,19H,7-8,11H2,1-6H3. The quantitative estimate of drug-likeness (QED) is 0.878. The van der Waals surface area contributed by atoms with E-state index in [9.17, 15) is 4.79 Å². The van der Waals surface area contributed by atoms with E-state index >= 15 is 0 Å². The van der Waals surface area contributed by atoms with Gasteiger partial charge in [-0.3, -0.25) is 0 Å². The van der Waals surface area contributed by atoms with Gasteiger partial charge in [-0.1, -0.05) is 0 Å². The van der Waals surface area contributed by atoms with E-state index in [1.165, 1.54) is 0 Å². The SMILES string of the molecule is COc1cc(NC2CCN(C(=O)OC(C)(C)C)C2)cc(OC)c1OC. The first-order valence-electron chi connectivity index (χ1n) is 8.32. The van der Waals surface area contributed by atoms with Crippen LogP contribution in [0.2, 0.25) is 0 Å². The summed E-state index contributed by atoms with van der Waals surface area (Å²) in [4.78, 5) is 13.9. The summed E-state index contributed by atoms with van der Waals surface area (Å²) in [5.41, 5.74) is 0.366. The molecule has 140 valence electrons. The molecule has 2 rings (SSSR count). The lowest BCUT2D eigenvalue weighted by Gasteiger charge is -2.24. The fourth-order valence-electron chi connectivity index (χ4n) is 2.77. The average molecular weight is 352 g/mol. The maximum absolute atomic E-state index is 12.2. The van der Waals surface area contributed by atoms with Gasteiger partial charge in [0.2, 0.25) is 5.75 Å². The number of hydrogen-bond donors (Lipinski definition) is 1. The summed E-state index contributed by atoms with van der Waals surface area (Å²) in [5, 5.41) is 3.42. The third-order valence-electron chi connectivity index (χ3n) is 3.88. The van der Waals surface area contributed by atoms with Crippen LogP contribution in [0.4, 0.5) is 10.5 Å². The largest absolute Gasteiger partial charge is 0.493 e. The molecule has 1 unspecified atom stereocenters. The Balaban J connectivity index is 2.05. The number of anilines is 1. The summed E-state index contributed by atoms with van der Waals surface area (Å²) in [5.74, 6) is 1.73. The van der Waals surface area contributed by atoms with Gasteiger partial charge in [0.25, 0.3) is 0 Å². The molecule has 1 atom stereocenters. The van der Waals surface area contributed by atoms with Crippen LogP contribution in [0.15, 0.2) is 12.1 Å². The highest BCUT2D eigenvalue weighted by Gasteiger charge is 2.30. The van der Waals surface area contributed by atoms with Gasteiger partial charge in [0.15, 0.2) is 11.5 Å². The Morgan fingerprint density at radius 3 is 2.20 bits per heavy atom. The van der Waals surface area contributed by atoms with Crippen molar-refractivity contribution >= 4 is 11.8 Å². The third kappa shape index (κ3) is 4.84. The molecule has 1 aromatic carbocycles. The molecule has 1 amide bonds. The van der Waals surface area contributed by atoms with Gasteiger partial charge in [-0.25, -0.2) is 4.79 Å². The molecule has 1 N–H and O–H groups in total. The minimum atomic E-state index is -0.487. The molecule has 25 heavy (non-hydrogen) atoms. The number of ether oxygens (including phenoxy) is 4. The Kier molecular flexibility index (Phi) is 5.87. The lowest BCUT2D eigenvalue weighted by atomic mass is 10.2. The smallest absolute Gasteiger partial charge is 0.410 e. The maximum atomic E-state index is 12.2. The first kappa shape index (κ1) is 19.0. The van der Waals surface area contributed by atoms with Gasteiger partial charge in [0.05, 0.1) is 21.3 Å². The molecule has 1 aliphatic rings. The molecule has 7 heteroatoms. The number of likely N-dealkylation sites (tertiary alicyclic amines) is 1. The maximum Gasteiger partial charge on any atom is 0.410 e. The van der Waals surface area contributed by atoms with E-state index in [1.807, 2.05) is 32.9 Å². The van der Waals surface area contributed by atoms with Crippen molar-refractivity contribution in [1.82, 2.24) is 4.90 Å². The van der Waals surface area contributed by atoms with Crippen LogP contribution < -0.4 is 19.5 Å². The predicted octanol–water partition coefficient (Wildman–Crippen LogP) is 3.13. The Bertz CT molecular complexity index is 587. The summed E-state index contributed by atoms with van der Waals surface area (Å²) in [7, 11) is 4.74. The van der Waals surface area contributed by atoms with Crippen LogP contribution in [0.25, 0.3) is 0 Å². The van der Waals surface area contributed by atoms with E-state index in [-0.39, 0.29) is 12.1 Å². The minimum absolute atomic E-state index is 0.135. The van der Waals surface area contributed by atoms with Crippen molar-refractivity contribution in [3.63, 3.8) is 0 Å². The Morgan fingerprint density at radius 2 is 1.72 bits per heavy atom. The van der Waals surface area contributed by atoms with Crippen LogP contribution in [0.3, 0.4) is 0 Å². The second kappa shape index (κ2) is 7.72. The van der Waals surface area contributed by atoms with Gasteiger partial charge in [-0.15, -0.1) is 0 Å². The highest BCUT2D eigenvalue weighted by atomic mass is 16.6. The fraction of sp³-hybridized carbons (Fsp3) is 0.611. The lowest BCUT2D eigenvalue weighted by Crippen LogP contribution is -2.36. The van der Waals surface area contributed by atoms with Gasteiger partial charge in [0.1, 0.15) is 5.60 Å². The van der Waals surface area contributed by atoms with Gasteiger partial charge < -0.3 is 29.2 Å². The predicted molar refractivity (Wildman–Crippen MR) is 95.9 cm³/mol. The topological polar surface area (TPSA) is 69.3 Å². The van der Waals surface area contributed by atoms with Crippen LogP contribution in [0, 0.1) is 0 Å². The zero-order valence-electron chi connectivity index (χ0n) is 15.8. The molecule has 1 aromatic rings. The molecular weight excluding hydrogens is 324 g/mol. The summed E-state index contributed by atoms with van der Waals surface area (Å²) >= 11 is 0. The average Bonchev–Trinajstić information content (AvgIpc) is 3.00. The van der Waals surface area contributed by atoms with Crippen molar-refractivity contribution in [2.75, 3.05) is 39.7 Å². The monoisotopic (exact) mass is 352 g/mol. The zero-order valence-corrected chi connectivity index (χ0v) is 15.8. The van der Waals surface area contributed by atoms with E-state index in [4.69, 9.17) is 18.9 Å². The molecule has 0 saturated carbocycles. The molecule has 0 aliphatic carbocycles. The van der Waals surface area contributed by atoms with E-state index in [2.05, 4.69) is 5.32 Å². The Morgan fingerprint density at radius 1 is 1.12 bits per heavy atom. The molecule has 1 aliphatic heterocycles. The van der Waals surface area contributed by atoms with Crippen molar-refractivity contribution in [2.24, 2.45) is 0 Å². The van der Waals surface area contributed by atoms with Crippen LogP contribution in [0.1, 0.15) is 27.2 Å². The number of carbonyl (C=O) groups is 1. The van der Waals surface area contributed by atoms with Crippen molar-refractivity contribution < 1.29 is 23.7 Å². The Labute approximate surface area is 149 Å². The second-order valence-corrected chi connectivity index (χ2v) is 6.97. The molecule has 7 nitrogen and oxygen atoms in total. The number of rotatable bonds is 5. The van der Waals surface area contributed by atoms with E-state index in [0.717, 1.165) is 12.1 Å². The molecule has 0 aromatic heterocycles. The third-order valence-corrected chi connectivity index (χ3v) is 3.88. The number of amides is 1. The first-order valence-corrected chi connectivity index (χ1v) is 8.32. The Hall–Kier alpha value is -2.31. The number of carbonyl (C=O) groups excluding carboxylic acids is 1. The summed E-state index contributed by atoms with van der Waals surface area (Å²) in [6, 6.07) is 3.85. The highest BCUT2D eigenvalue weighted by molar-refractivity contribution is 5.69. The first-order chi connectivity index (χ1) is 11.8. The number of nitrogens with one attached hydrogen (secondary N) is 1. The van der Waals surface area contributed by atoms with Gasteiger partial charge in [-0.05, 0) is 27.2 Å². The lowest BCUT2D eigenvalue weighted by molar-refractivity contribution is 0.0293.